The average molecular weight is 320 g/mol. The number of halogens is 3. The van der Waals surface area contributed by atoms with E-state index in [-0.39, 0.29) is 5.56 Å². The predicted octanol–water partition coefficient (Wildman–Crippen LogP) is 3.87. The lowest BCUT2D eigenvalue weighted by atomic mass is 10.1. The van der Waals surface area contributed by atoms with Gasteiger partial charge in [-0.15, -0.1) is 0 Å². The molecule has 2 heterocycles. The number of pyridine rings is 1. The molecule has 0 fully saturated rings. The van der Waals surface area contributed by atoms with E-state index in [2.05, 4.69) is 9.97 Å². The molecule has 0 atom stereocenters. The number of fused-ring (bicyclic) bond motifs is 1. The molecule has 2 aromatic heterocycles. The molecular weight excluding hydrogens is 309 g/mol. The minimum atomic E-state index is -4.39. The third kappa shape index (κ3) is 3.18. The van der Waals surface area contributed by atoms with E-state index in [9.17, 15) is 18.0 Å². The van der Waals surface area contributed by atoms with Crippen molar-refractivity contribution in [2.75, 3.05) is 0 Å². The molecule has 0 aliphatic rings. The molecule has 0 saturated heterocycles. The summed E-state index contributed by atoms with van der Waals surface area (Å²) < 4.78 is 38.1. The van der Waals surface area contributed by atoms with Crippen LogP contribution >= 0.6 is 0 Å². The third-order valence-electron chi connectivity index (χ3n) is 3.44. The molecule has 0 spiro atoms. The fourth-order valence-electron chi connectivity index (χ4n) is 2.37. The molecule has 23 heavy (non-hydrogen) atoms. The van der Waals surface area contributed by atoms with Gasteiger partial charge in [-0.3, -0.25) is 4.98 Å². The summed E-state index contributed by atoms with van der Waals surface area (Å²) in [4.78, 5) is 18.0. The number of carbonyl (C=O) groups is 1. The second-order valence-electron chi connectivity index (χ2n) is 5.11. The first-order valence-electron chi connectivity index (χ1n) is 6.70. The normalized spacial score (nSPS) is 11.8. The Morgan fingerprint density at radius 2 is 1.96 bits per heavy atom. The van der Waals surface area contributed by atoms with E-state index in [4.69, 9.17) is 5.11 Å². The molecule has 0 aliphatic carbocycles. The second-order valence-corrected chi connectivity index (χ2v) is 5.11. The second kappa shape index (κ2) is 5.42. The number of hydrogen-bond acceptors (Lipinski definition) is 2. The fraction of sp³-hybridized carbons (Fsp3) is 0.125. The van der Waals surface area contributed by atoms with Gasteiger partial charge in [0, 0.05) is 34.9 Å². The first kappa shape index (κ1) is 15.1. The van der Waals surface area contributed by atoms with Crippen molar-refractivity contribution in [3.8, 4) is 0 Å². The Labute approximate surface area is 128 Å². The number of nitrogens with one attached hydrogen (secondary N) is 1. The smallest absolute Gasteiger partial charge is 0.416 e. The number of hydrogen-bond donors (Lipinski definition) is 2. The van der Waals surface area contributed by atoms with Gasteiger partial charge in [0.15, 0.2) is 0 Å². The molecule has 0 aliphatic heterocycles. The Bertz CT molecular complexity index is 884. The molecule has 0 amide bonds. The van der Waals surface area contributed by atoms with Crippen molar-refractivity contribution in [2.45, 2.75) is 12.6 Å². The average Bonchev–Trinajstić information content (AvgIpc) is 2.87. The van der Waals surface area contributed by atoms with E-state index in [1.165, 1.54) is 24.4 Å². The van der Waals surface area contributed by atoms with Crippen LogP contribution in [0.3, 0.4) is 0 Å². The maximum Gasteiger partial charge on any atom is 0.416 e. The SMILES string of the molecule is O=C(O)c1ccnc(Cc2cc3cc(C(F)(F)F)ccc3[nH]2)c1. The van der Waals surface area contributed by atoms with Gasteiger partial charge < -0.3 is 10.1 Å². The van der Waals surface area contributed by atoms with Gasteiger partial charge in [-0.05, 0) is 36.4 Å². The summed E-state index contributed by atoms with van der Waals surface area (Å²) in [5.74, 6) is -1.06. The minimum absolute atomic E-state index is 0.116. The molecule has 118 valence electrons. The number of carboxylic acids is 1. The highest BCUT2D eigenvalue weighted by atomic mass is 19.4. The highest BCUT2D eigenvalue weighted by Gasteiger charge is 2.30. The monoisotopic (exact) mass is 320 g/mol. The third-order valence-corrected chi connectivity index (χ3v) is 3.44. The summed E-state index contributed by atoms with van der Waals surface area (Å²) >= 11 is 0. The fourth-order valence-corrected chi connectivity index (χ4v) is 2.37. The number of alkyl halides is 3. The topological polar surface area (TPSA) is 66.0 Å². The lowest BCUT2D eigenvalue weighted by molar-refractivity contribution is -0.137. The first-order chi connectivity index (χ1) is 10.8. The Hall–Kier alpha value is -2.83. The van der Waals surface area contributed by atoms with Gasteiger partial charge in [-0.1, -0.05) is 0 Å². The van der Waals surface area contributed by atoms with Crippen LogP contribution < -0.4 is 0 Å². The molecule has 4 nitrogen and oxygen atoms in total. The number of benzene rings is 1. The predicted molar refractivity (Wildman–Crippen MR) is 77.3 cm³/mol. The van der Waals surface area contributed by atoms with E-state index in [1.54, 1.807) is 6.07 Å². The number of aromatic amines is 1. The van der Waals surface area contributed by atoms with Crippen LogP contribution in [-0.4, -0.2) is 21.0 Å². The molecule has 0 saturated carbocycles. The van der Waals surface area contributed by atoms with Crippen LogP contribution in [0.15, 0.2) is 42.6 Å². The van der Waals surface area contributed by atoms with Crippen molar-refractivity contribution in [2.24, 2.45) is 0 Å². The molecule has 2 N–H and O–H groups in total. The number of aromatic nitrogens is 2. The molecule has 1 aromatic carbocycles. The zero-order valence-corrected chi connectivity index (χ0v) is 11.7. The van der Waals surface area contributed by atoms with E-state index in [0.29, 0.717) is 28.7 Å². The lowest BCUT2D eigenvalue weighted by Gasteiger charge is -2.05. The largest absolute Gasteiger partial charge is 0.478 e. The van der Waals surface area contributed by atoms with Crippen LogP contribution in [0.25, 0.3) is 10.9 Å². The molecular formula is C16H11F3N2O2. The van der Waals surface area contributed by atoms with E-state index in [0.717, 1.165) is 12.1 Å². The van der Waals surface area contributed by atoms with Crippen LogP contribution in [-0.2, 0) is 12.6 Å². The zero-order valence-electron chi connectivity index (χ0n) is 11.7. The molecule has 0 radical (unpaired) electrons. The van der Waals surface area contributed by atoms with Gasteiger partial charge in [0.25, 0.3) is 0 Å². The number of nitrogens with zero attached hydrogens (tertiary/aromatic N) is 1. The number of H-pyrrole nitrogens is 1. The van der Waals surface area contributed by atoms with Crippen molar-refractivity contribution < 1.29 is 23.1 Å². The Kier molecular flexibility index (Phi) is 3.55. The van der Waals surface area contributed by atoms with Gasteiger partial charge in [0.1, 0.15) is 0 Å². The van der Waals surface area contributed by atoms with Crippen molar-refractivity contribution in [1.29, 1.82) is 0 Å². The van der Waals surface area contributed by atoms with Crippen LogP contribution in [0, 0.1) is 0 Å². The zero-order chi connectivity index (χ0) is 16.6. The molecule has 0 unspecified atom stereocenters. The summed E-state index contributed by atoms with van der Waals surface area (Å²) in [5, 5.41) is 9.40. The maximum absolute atomic E-state index is 12.7. The number of aromatic carboxylic acids is 1. The molecule has 3 rings (SSSR count). The van der Waals surface area contributed by atoms with Crippen LogP contribution in [0.4, 0.5) is 13.2 Å². The van der Waals surface area contributed by atoms with Crippen molar-refractivity contribution >= 4 is 16.9 Å². The minimum Gasteiger partial charge on any atom is -0.478 e. The highest BCUT2D eigenvalue weighted by molar-refractivity contribution is 5.87. The summed E-state index contributed by atoms with van der Waals surface area (Å²) in [5.41, 5.74) is 1.18. The summed E-state index contributed by atoms with van der Waals surface area (Å²) in [6, 6.07) is 7.91. The molecule has 7 heteroatoms. The first-order valence-corrected chi connectivity index (χ1v) is 6.70. The van der Waals surface area contributed by atoms with E-state index >= 15 is 0 Å². The lowest BCUT2D eigenvalue weighted by Crippen LogP contribution is -2.03. The van der Waals surface area contributed by atoms with Crippen LogP contribution in [0.2, 0.25) is 0 Å². The summed E-state index contributed by atoms with van der Waals surface area (Å²) in [7, 11) is 0. The summed E-state index contributed by atoms with van der Waals surface area (Å²) in [6.07, 6.45) is -2.69. The Morgan fingerprint density at radius 1 is 1.17 bits per heavy atom. The highest BCUT2D eigenvalue weighted by Crippen LogP contribution is 2.31. The van der Waals surface area contributed by atoms with Gasteiger partial charge >= 0.3 is 12.1 Å². The van der Waals surface area contributed by atoms with Gasteiger partial charge in [0.2, 0.25) is 0 Å². The van der Waals surface area contributed by atoms with Gasteiger partial charge in [-0.25, -0.2) is 4.79 Å². The molecule has 0 bridgehead atoms. The summed E-state index contributed by atoms with van der Waals surface area (Å²) in [6.45, 7) is 0. The standard InChI is InChI=1S/C16H11F3N2O2/c17-16(18,19)11-1-2-14-10(5-11)7-13(21-14)8-12-6-9(15(22)23)3-4-20-12/h1-7,21H,8H2,(H,22,23). The van der Waals surface area contributed by atoms with Crippen molar-refractivity contribution in [3.63, 3.8) is 0 Å². The quantitative estimate of drug-likeness (QED) is 0.770. The van der Waals surface area contributed by atoms with Crippen molar-refractivity contribution in [3.05, 3.63) is 65.1 Å². The molecule has 3 aromatic rings. The van der Waals surface area contributed by atoms with Gasteiger partial charge in [-0.2, -0.15) is 13.2 Å². The maximum atomic E-state index is 12.7. The van der Waals surface area contributed by atoms with Crippen molar-refractivity contribution in [1.82, 2.24) is 9.97 Å². The number of rotatable bonds is 3. The van der Waals surface area contributed by atoms with Crippen LogP contribution in [0.1, 0.15) is 27.3 Å². The number of carboxylic acid groups (broad SMARTS) is 1. The Morgan fingerprint density at radius 3 is 2.65 bits per heavy atom. The van der Waals surface area contributed by atoms with E-state index in [1.807, 2.05) is 0 Å². The van der Waals surface area contributed by atoms with Gasteiger partial charge in [0.05, 0.1) is 11.1 Å². The Balaban J connectivity index is 1.92. The van der Waals surface area contributed by atoms with Crippen LogP contribution in [0.5, 0.6) is 0 Å². The van der Waals surface area contributed by atoms with E-state index < -0.39 is 17.7 Å².